The molecule has 2 aromatic carbocycles. The maximum absolute atomic E-state index is 12.7. The molecule has 0 aromatic heterocycles. The van der Waals surface area contributed by atoms with E-state index in [1.54, 1.807) is 16.7 Å². The largest absolute Gasteiger partial charge is 0.286 e. The topological polar surface area (TPSA) is 32.7 Å². The zero-order chi connectivity index (χ0) is 16.2. The summed E-state index contributed by atoms with van der Waals surface area (Å²) >= 11 is 1.64. The molecule has 0 radical (unpaired) electrons. The number of aryl methyl sites for hydroxylation is 2. The Morgan fingerprint density at radius 2 is 1.87 bits per heavy atom. The third-order valence-electron chi connectivity index (χ3n) is 3.96. The number of aliphatic imine (C=N–C) groups is 1. The van der Waals surface area contributed by atoms with Gasteiger partial charge in [-0.3, -0.25) is 14.7 Å². The molecule has 0 N–H and O–H groups in total. The molecule has 118 valence electrons. The predicted molar refractivity (Wildman–Crippen MR) is 97.0 cm³/mol. The Bertz CT molecular complexity index is 737. The minimum absolute atomic E-state index is 0.0403. The SMILES string of the molecule is Cc1ccc(C(=O)N2CCN=C2SCc2ccccc2C)cc1. The predicted octanol–water partition coefficient (Wildman–Crippen LogP) is 4.05. The van der Waals surface area contributed by atoms with Crippen molar-refractivity contribution in [2.24, 2.45) is 4.99 Å². The number of rotatable bonds is 3. The smallest absolute Gasteiger partial charge is 0.259 e. The van der Waals surface area contributed by atoms with Crippen molar-refractivity contribution < 1.29 is 4.79 Å². The second-order valence-electron chi connectivity index (χ2n) is 5.70. The third-order valence-corrected chi connectivity index (χ3v) is 5.03. The van der Waals surface area contributed by atoms with Crippen LogP contribution in [0.4, 0.5) is 0 Å². The molecular formula is C19H20N2OS. The van der Waals surface area contributed by atoms with Gasteiger partial charge < -0.3 is 0 Å². The lowest BCUT2D eigenvalue weighted by molar-refractivity contribution is 0.0860. The molecule has 23 heavy (non-hydrogen) atoms. The Morgan fingerprint density at radius 1 is 1.13 bits per heavy atom. The average molecular weight is 324 g/mol. The van der Waals surface area contributed by atoms with E-state index in [1.807, 2.05) is 37.3 Å². The lowest BCUT2D eigenvalue weighted by Gasteiger charge is -2.18. The van der Waals surface area contributed by atoms with Crippen LogP contribution in [0.1, 0.15) is 27.0 Å². The van der Waals surface area contributed by atoms with E-state index in [2.05, 4.69) is 30.1 Å². The minimum Gasteiger partial charge on any atom is -0.286 e. The van der Waals surface area contributed by atoms with Crippen molar-refractivity contribution in [3.8, 4) is 0 Å². The quantitative estimate of drug-likeness (QED) is 0.853. The number of amidine groups is 1. The van der Waals surface area contributed by atoms with Gasteiger partial charge in [0.2, 0.25) is 0 Å². The van der Waals surface area contributed by atoms with Gasteiger partial charge in [0, 0.05) is 17.9 Å². The second kappa shape index (κ2) is 7.01. The third kappa shape index (κ3) is 3.64. The van der Waals surface area contributed by atoms with Crippen LogP contribution in [0.2, 0.25) is 0 Å². The lowest BCUT2D eigenvalue weighted by Crippen LogP contribution is -2.32. The zero-order valence-electron chi connectivity index (χ0n) is 13.5. The number of amides is 1. The summed E-state index contributed by atoms with van der Waals surface area (Å²) in [6.07, 6.45) is 0. The second-order valence-corrected chi connectivity index (χ2v) is 6.64. The van der Waals surface area contributed by atoms with Gasteiger partial charge in [0.25, 0.3) is 5.91 Å². The molecule has 0 saturated heterocycles. The van der Waals surface area contributed by atoms with Crippen molar-refractivity contribution in [3.63, 3.8) is 0 Å². The molecule has 3 rings (SSSR count). The number of hydrogen-bond donors (Lipinski definition) is 0. The molecule has 0 aliphatic carbocycles. The number of benzene rings is 2. The summed E-state index contributed by atoms with van der Waals surface area (Å²) < 4.78 is 0. The summed E-state index contributed by atoms with van der Waals surface area (Å²) in [6.45, 7) is 5.49. The summed E-state index contributed by atoms with van der Waals surface area (Å²) in [4.78, 5) is 19.0. The van der Waals surface area contributed by atoms with E-state index in [0.717, 1.165) is 22.0 Å². The summed E-state index contributed by atoms with van der Waals surface area (Å²) in [5.74, 6) is 0.877. The molecule has 0 spiro atoms. The van der Waals surface area contributed by atoms with E-state index in [1.165, 1.54) is 11.1 Å². The Labute approximate surface area is 141 Å². The van der Waals surface area contributed by atoms with Crippen molar-refractivity contribution >= 4 is 22.8 Å². The molecule has 0 bridgehead atoms. The van der Waals surface area contributed by atoms with Gasteiger partial charge in [-0.05, 0) is 37.1 Å². The number of thioether (sulfide) groups is 1. The van der Waals surface area contributed by atoms with Crippen molar-refractivity contribution in [3.05, 3.63) is 70.8 Å². The van der Waals surface area contributed by atoms with Crippen LogP contribution in [0, 0.1) is 13.8 Å². The van der Waals surface area contributed by atoms with Crippen molar-refractivity contribution in [2.75, 3.05) is 13.1 Å². The number of carbonyl (C=O) groups excluding carboxylic acids is 1. The molecular weight excluding hydrogens is 304 g/mol. The maximum atomic E-state index is 12.7. The van der Waals surface area contributed by atoms with Gasteiger partial charge in [-0.15, -0.1) is 0 Å². The van der Waals surface area contributed by atoms with Crippen LogP contribution in [-0.2, 0) is 5.75 Å². The summed E-state index contributed by atoms with van der Waals surface area (Å²) in [6, 6.07) is 16.1. The van der Waals surface area contributed by atoms with Crippen LogP contribution in [0.15, 0.2) is 53.5 Å². The van der Waals surface area contributed by atoms with Crippen molar-refractivity contribution in [1.29, 1.82) is 0 Å². The molecule has 4 heteroatoms. The maximum Gasteiger partial charge on any atom is 0.259 e. The molecule has 0 unspecified atom stereocenters. The Balaban J connectivity index is 1.69. The van der Waals surface area contributed by atoms with E-state index in [9.17, 15) is 4.79 Å². The van der Waals surface area contributed by atoms with Crippen LogP contribution >= 0.6 is 11.8 Å². The molecule has 2 aromatic rings. The first-order chi connectivity index (χ1) is 11.1. The fourth-order valence-corrected chi connectivity index (χ4v) is 3.63. The standard InChI is InChI=1S/C19H20N2OS/c1-14-7-9-16(10-8-14)18(22)21-12-11-20-19(21)23-13-17-6-4-3-5-15(17)2/h3-10H,11-13H2,1-2H3. The van der Waals surface area contributed by atoms with Crippen molar-refractivity contribution in [1.82, 2.24) is 4.90 Å². The van der Waals surface area contributed by atoms with Crippen LogP contribution in [0.5, 0.6) is 0 Å². The lowest BCUT2D eigenvalue weighted by atomic mass is 10.1. The monoisotopic (exact) mass is 324 g/mol. The van der Waals surface area contributed by atoms with E-state index in [4.69, 9.17) is 0 Å². The van der Waals surface area contributed by atoms with E-state index >= 15 is 0 Å². The first-order valence-corrected chi connectivity index (χ1v) is 8.74. The number of hydrogen-bond acceptors (Lipinski definition) is 3. The average Bonchev–Trinajstić information content (AvgIpc) is 3.02. The van der Waals surface area contributed by atoms with Gasteiger partial charge in [0.1, 0.15) is 0 Å². The summed E-state index contributed by atoms with van der Waals surface area (Å²) in [7, 11) is 0. The highest BCUT2D eigenvalue weighted by atomic mass is 32.2. The number of carbonyl (C=O) groups is 1. The molecule has 0 atom stereocenters. The Hall–Kier alpha value is -2.07. The zero-order valence-corrected chi connectivity index (χ0v) is 14.3. The van der Waals surface area contributed by atoms with E-state index in [-0.39, 0.29) is 5.91 Å². The highest BCUT2D eigenvalue weighted by Gasteiger charge is 2.25. The first kappa shape index (κ1) is 15.8. The van der Waals surface area contributed by atoms with Gasteiger partial charge >= 0.3 is 0 Å². The molecule has 0 saturated carbocycles. The van der Waals surface area contributed by atoms with Crippen molar-refractivity contribution in [2.45, 2.75) is 19.6 Å². The fraction of sp³-hybridized carbons (Fsp3) is 0.263. The fourth-order valence-electron chi connectivity index (χ4n) is 2.50. The van der Waals surface area contributed by atoms with Gasteiger partial charge in [0.05, 0.1) is 6.54 Å². The van der Waals surface area contributed by atoms with Crippen LogP contribution in [0.25, 0.3) is 0 Å². The molecule has 0 fully saturated rings. The molecule has 3 nitrogen and oxygen atoms in total. The molecule has 1 aliphatic heterocycles. The van der Waals surface area contributed by atoms with Gasteiger partial charge in [-0.1, -0.05) is 53.7 Å². The Morgan fingerprint density at radius 3 is 2.61 bits per heavy atom. The molecule has 1 heterocycles. The minimum atomic E-state index is 0.0403. The summed E-state index contributed by atoms with van der Waals surface area (Å²) in [5.41, 5.74) is 4.44. The normalized spacial score (nSPS) is 14.0. The van der Waals surface area contributed by atoms with E-state index < -0.39 is 0 Å². The highest BCUT2D eigenvalue weighted by Crippen LogP contribution is 2.23. The first-order valence-electron chi connectivity index (χ1n) is 7.75. The molecule has 1 aliphatic rings. The van der Waals surface area contributed by atoms with Gasteiger partial charge in [-0.2, -0.15) is 0 Å². The van der Waals surface area contributed by atoms with Crippen LogP contribution in [0.3, 0.4) is 0 Å². The van der Waals surface area contributed by atoms with Crippen LogP contribution < -0.4 is 0 Å². The Kier molecular flexibility index (Phi) is 4.82. The van der Waals surface area contributed by atoms with Crippen LogP contribution in [-0.4, -0.2) is 29.1 Å². The summed E-state index contributed by atoms with van der Waals surface area (Å²) in [5, 5.41) is 0.832. The highest BCUT2D eigenvalue weighted by molar-refractivity contribution is 8.13. The van der Waals surface area contributed by atoms with E-state index in [0.29, 0.717) is 13.1 Å². The molecule has 1 amide bonds. The number of nitrogens with zero attached hydrogens (tertiary/aromatic N) is 2. The van der Waals surface area contributed by atoms with Gasteiger partial charge in [-0.25, -0.2) is 0 Å². The van der Waals surface area contributed by atoms with Gasteiger partial charge in [0.15, 0.2) is 5.17 Å².